The molecule has 0 spiro atoms. The monoisotopic (exact) mass is 244 g/mol. The quantitative estimate of drug-likeness (QED) is 0.646. The van der Waals surface area contributed by atoms with E-state index in [9.17, 15) is 4.79 Å². The molecular weight excluding hydrogens is 216 g/mol. The molecule has 1 unspecified atom stereocenters. The molecule has 3 N–H and O–H groups in total. The number of ether oxygens (including phenoxy) is 1. The fourth-order valence-electron chi connectivity index (χ4n) is 1.94. The lowest BCUT2D eigenvalue weighted by Gasteiger charge is -2.20. The highest BCUT2D eigenvalue weighted by Gasteiger charge is 2.16. The standard InChI is InChI=1S/C13H28N2O2/c1-5-12(9-17-4)15-13(16)7-11(8-14)6-10(2)3/h10-12H,5-9,14H2,1-4H3,(H,15,16)/t11-,12?/m0/s1. The van der Waals surface area contributed by atoms with Gasteiger partial charge in [0, 0.05) is 13.5 Å². The topological polar surface area (TPSA) is 64.3 Å². The van der Waals surface area contributed by atoms with E-state index in [2.05, 4.69) is 19.2 Å². The minimum atomic E-state index is 0.0880. The van der Waals surface area contributed by atoms with Crippen LogP contribution in [0.15, 0.2) is 0 Å². The highest BCUT2D eigenvalue weighted by molar-refractivity contribution is 5.76. The number of amides is 1. The van der Waals surface area contributed by atoms with Crippen LogP contribution in [0.5, 0.6) is 0 Å². The molecule has 0 fully saturated rings. The second kappa shape index (κ2) is 9.42. The van der Waals surface area contributed by atoms with E-state index in [4.69, 9.17) is 10.5 Å². The summed E-state index contributed by atoms with van der Waals surface area (Å²) in [5, 5.41) is 2.99. The molecule has 17 heavy (non-hydrogen) atoms. The molecule has 0 bridgehead atoms. The Morgan fingerprint density at radius 1 is 1.41 bits per heavy atom. The molecule has 0 heterocycles. The van der Waals surface area contributed by atoms with Crippen LogP contribution in [-0.2, 0) is 9.53 Å². The molecule has 2 atom stereocenters. The summed E-state index contributed by atoms with van der Waals surface area (Å²) in [6.07, 6.45) is 2.41. The van der Waals surface area contributed by atoms with E-state index in [0.29, 0.717) is 25.5 Å². The molecule has 0 radical (unpaired) electrons. The molecule has 0 aromatic carbocycles. The van der Waals surface area contributed by atoms with Crippen LogP contribution in [0.1, 0.15) is 40.0 Å². The Morgan fingerprint density at radius 3 is 2.47 bits per heavy atom. The second-order valence-electron chi connectivity index (χ2n) is 5.06. The lowest BCUT2D eigenvalue weighted by Crippen LogP contribution is -2.39. The van der Waals surface area contributed by atoms with Gasteiger partial charge in [-0.2, -0.15) is 0 Å². The smallest absolute Gasteiger partial charge is 0.220 e. The normalized spacial score (nSPS) is 14.7. The average Bonchev–Trinajstić information content (AvgIpc) is 2.26. The first-order valence-electron chi connectivity index (χ1n) is 6.51. The maximum atomic E-state index is 11.8. The van der Waals surface area contributed by atoms with Gasteiger partial charge in [0.2, 0.25) is 5.91 Å². The maximum absolute atomic E-state index is 11.8. The third kappa shape index (κ3) is 8.16. The van der Waals surface area contributed by atoms with Gasteiger partial charge in [-0.3, -0.25) is 4.79 Å². The Balaban J connectivity index is 4.04. The van der Waals surface area contributed by atoms with Crippen molar-refractivity contribution in [3.8, 4) is 0 Å². The number of hydrogen-bond donors (Lipinski definition) is 2. The van der Waals surface area contributed by atoms with Crippen molar-refractivity contribution in [1.29, 1.82) is 0 Å². The van der Waals surface area contributed by atoms with Crippen LogP contribution < -0.4 is 11.1 Å². The van der Waals surface area contributed by atoms with E-state index in [-0.39, 0.29) is 17.9 Å². The molecule has 0 aliphatic carbocycles. The summed E-state index contributed by atoms with van der Waals surface area (Å²) in [6.45, 7) is 7.49. The second-order valence-corrected chi connectivity index (χ2v) is 5.06. The lowest BCUT2D eigenvalue weighted by atomic mass is 9.94. The highest BCUT2D eigenvalue weighted by Crippen LogP contribution is 2.14. The molecule has 4 heteroatoms. The van der Waals surface area contributed by atoms with Crippen LogP contribution in [0.2, 0.25) is 0 Å². The Labute approximate surface area is 105 Å². The molecule has 102 valence electrons. The summed E-state index contributed by atoms with van der Waals surface area (Å²) in [5.41, 5.74) is 5.69. The summed E-state index contributed by atoms with van der Waals surface area (Å²) in [6, 6.07) is 0.116. The van der Waals surface area contributed by atoms with Crippen molar-refractivity contribution >= 4 is 5.91 Å². The number of methoxy groups -OCH3 is 1. The Morgan fingerprint density at radius 2 is 2.06 bits per heavy atom. The van der Waals surface area contributed by atoms with Gasteiger partial charge in [0.05, 0.1) is 12.6 Å². The first-order chi connectivity index (χ1) is 8.03. The van der Waals surface area contributed by atoms with Crippen LogP contribution in [0, 0.1) is 11.8 Å². The third-order valence-electron chi connectivity index (χ3n) is 2.84. The summed E-state index contributed by atoms with van der Waals surface area (Å²) in [7, 11) is 1.65. The molecule has 0 aromatic rings. The zero-order valence-corrected chi connectivity index (χ0v) is 11.7. The summed E-state index contributed by atoms with van der Waals surface area (Å²) in [5.74, 6) is 0.956. The number of carbonyl (C=O) groups excluding carboxylic acids is 1. The largest absolute Gasteiger partial charge is 0.383 e. The minimum absolute atomic E-state index is 0.0880. The van der Waals surface area contributed by atoms with Crippen LogP contribution in [-0.4, -0.2) is 32.2 Å². The van der Waals surface area contributed by atoms with Crippen LogP contribution in [0.3, 0.4) is 0 Å². The number of hydrogen-bond acceptors (Lipinski definition) is 3. The van der Waals surface area contributed by atoms with Crippen molar-refractivity contribution in [1.82, 2.24) is 5.32 Å². The number of nitrogens with one attached hydrogen (secondary N) is 1. The molecule has 4 nitrogen and oxygen atoms in total. The first kappa shape index (κ1) is 16.4. The van der Waals surface area contributed by atoms with Crippen LogP contribution in [0.25, 0.3) is 0 Å². The van der Waals surface area contributed by atoms with E-state index in [1.165, 1.54) is 0 Å². The lowest BCUT2D eigenvalue weighted by molar-refractivity contribution is -0.123. The van der Waals surface area contributed by atoms with E-state index >= 15 is 0 Å². The molecule has 0 aromatic heterocycles. The molecule has 0 saturated heterocycles. The maximum Gasteiger partial charge on any atom is 0.220 e. The predicted octanol–water partition coefficient (Wildman–Crippen LogP) is 1.54. The van der Waals surface area contributed by atoms with Crippen molar-refractivity contribution < 1.29 is 9.53 Å². The summed E-state index contributed by atoms with van der Waals surface area (Å²) >= 11 is 0. The van der Waals surface area contributed by atoms with Gasteiger partial charge in [-0.1, -0.05) is 20.8 Å². The SMILES string of the molecule is CCC(COC)NC(=O)C[C@@H](CN)CC(C)C. The van der Waals surface area contributed by atoms with E-state index < -0.39 is 0 Å². The highest BCUT2D eigenvalue weighted by atomic mass is 16.5. The van der Waals surface area contributed by atoms with Gasteiger partial charge in [0.25, 0.3) is 0 Å². The average molecular weight is 244 g/mol. The Kier molecular flexibility index (Phi) is 9.09. The van der Waals surface area contributed by atoms with Gasteiger partial charge in [-0.05, 0) is 31.2 Å². The fraction of sp³-hybridized carbons (Fsp3) is 0.923. The van der Waals surface area contributed by atoms with Crippen molar-refractivity contribution in [3.05, 3.63) is 0 Å². The summed E-state index contributed by atoms with van der Waals surface area (Å²) < 4.78 is 5.05. The molecule has 1 amide bonds. The zero-order chi connectivity index (χ0) is 13.3. The third-order valence-corrected chi connectivity index (χ3v) is 2.84. The van der Waals surface area contributed by atoms with Gasteiger partial charge in [-0.25, -0.2) is 0 Å². The Hall–Kier alpha value is -0.610. The van der Waals surface area contributed by atoms with Crippen molar-refractivity contribution in [2.45, 2.75) is 46.1 Å². The zero-order valence-electron chi connectivity index (χ0n) is 11.7. The van der Waals surface area contributed by atoms with Gasteiger partial charge >= 0.3 is 0 Å². The molecular formula is C13H28N2O2. The van der Waals surface area contributed by atoms with Crippen LogP contribution >= 0.6 is 0 Å². The number of nitrogens with two attached hydrogens (primary N) is 1. The molecule has 0 saturated carbocycles. The van der Waals surface area contributed by atoms with Crippen molar-refractivity contribution in [2.75, 3.05) is 20.3 Å². The van der Waals surface area contributed by atoms with Gasteiger partial charge in [0.15, 0.2) is 0 Å². The first-order valence-corrected chi connectivity index (χ1v) is 6.51. The molecule has 0 rings (SSSR count). The number of carbonyl (C=O) groups is 1. The van der Waals surface area contributed by atoms with Crippen LogP contribution in [0.4, 0.5) is 0 Å². The van der Waals surface area contributed by atoms with Gasteiger partial charge in [0.1, 0.15) is 0 Å². The van der Waals surface area contributed by atoms with Crippen molar-refractivity contribution in [2.24, 2.45) is 17.6 Å². The van der Waals surface area contributed by atoms with Gasteiger partial charge in [-0.15, -0.1) is 0 Å². The number of rotatable bonds is 9. The van der Waals surface area contributed by atoms with E-state index in [0.717, 1.165) is 12.8 Å². The molecule has 0 aliphatic heterocycles. The predicted molar refractivity (Wildman–Crippen MR) is 70.7 cm³/mol. The van der Waals surface area contributed by atoms with E-state index in [1.54, 1.807) is 7.11 Å². The minimum Gasteiger partial charge on any atom is -0.383 e. The Bertz CT molecular complexity index is 208. The van der Waals surface area contributed by atoms with Crippen molar-refractivity contribution in [3.63, 3.8) is 0 Å². The molecule has 0 aliphatic rings. The fourth-order valence-corrected chi connectivity index (χ4v) is 1.94. The van der Waals surface area contributed by atoms with Gasteiger partial charge < -0.3 is 15.8 Å². The van der Waals surface area contributed by atoms with E-state index in [1.807, 2.05) is 6.92 Å². The summed E-state index contributed by atoms with van der Waals surface area (Å²) in [4.78, 5) is 11.8.